The minimum absolute atomic E-state index is 0.105. The number of ether oxygens (including phenoxy) is 1. The highest BCUT2D eigenvalue weighted by atomic mass is 16.6. The number of pyridine rings is 1. The number of nitro benzene ring substituents is 1. The van der Waals surface area contributed by atoms with Crippen molar-refractivity contribution in [2.45, 2.75) is 13.1 Å². The largest absolute Gasteiger partial charge is 0.481 e. The van der Waals surface area contributed by atoms with Gasteiger partial charge in [0.05, 0.1) is 12.0 Å². The first-order valence-corrected chi connectivity index (χ1v) is 6.12. The molecule has 0 fully saturated rings. The number of non-ortho nitro benzene ring substituents is 1. The summed E-state index contributed by atoms with van der Waals surface area (Å²) in [6.45, 7) is 1.32. The van der Waals surface area contributed by atoms with Gasteiger partial charge >= 0.3 is 0 Å². The minimum atomic E-state index is -0.403. The summed E-state index contributed by atoms with van der Waals surface area (Å²) in [7, 11) is 1.58. The zero-order valence-electron chi connectivity index (χ0n) is 11.1. The highest BCUT2D eigenvalue weighted by molar-refractivity contribution is 5.32. The topological polar surface area (TPSA) is 77.3 Å². The van der Waals surface area contributed by atoms with Gasteiger partial charge in [-0.25, -0.2) is 4.98 Å². The molecule has 0 saturated heterocycles. The van der Waals surface area contributed by atoms with Crippen molar-refractivity contribution in [2.24, 2.45) is 0 Å². The Labute approximate surface area is 116 Å². The smallest absolute Gasteiger partial charge is 0.269 e. The zero-order chi connectivity index (χ0) is 14.4. The Balaban J connectivity index is 1.84. The van der Waals surface area contributed by atoms with Crippen molar-refractivity contribution in [3.05, 3.63) is 63.8 Å². The first kappa shape index (κ1) is 14.0. The molecule has 1 aromatic carbocycles. The lowest BCUT2D eigenvalue weighted by molar-refractivity contribution is -0.384. The quantitative estimate of drug-likeness (QED) is 0.645. The number of nitro groups is 1. The fourth-order valence-corrected chi connectivity index (χ4v) is 1.72. The fourth-order valence-electron chi connectivity index (χ4n) is 1.72. The number of nitrogens with zero attached hydrogens (tertiary/aromatic N) is 2. The summed E-state index contributed by atoms with van der Waals surface area (Å²) in [4.78, 5) is 14.3. The number of hydrogen-bond donors (Lipinski definition) is 1. The number of nitrogens with one attached hydrogen (secondary N) is 1. The Morgan fingerprint density at radius 1 is 1.15 bits per heavy atom. The van der Waals surface area contributed by atoms with Gasteiger partial charge < -0.3 is 10.1 Å². The van der Waals surface area contributed by atoms with Gasteiger partial charge in [-0.3, -0.25) is 10.1 Å². The van der Waals surface area contributed by atoms with Crippen LogP contribution in [0.2, 0.25) is 0 Å². The molecule has 20 heavy (non-hydrogen) atoms. The number of methoxy groups -OCH3 is 1. The lowest BCUT2D eigenvalue weighted by Gasteiger charge is -2.05. The highest BCUT2D eigenvalue weighted by Gasteiger charge is 2.03. The van der Waals surface area contributed by atoms with Gasteiger partial charge in [-0.2, -0.15) is 0 Å². The molecule has 6 nitrogen and oxygen atoms in total. The van der Waals surface area contributed by atoms with E-state index in [4.69, 9.17) is 4.74 Å². The third kappa shape index (κ3) is 3.76. The van der Waals surface area contributed by atoms with E-state index in [0.29, 0.717) is 19.0 Å². The van der Waals surface area contributed by atoms with Gasteiger partial charge in [0, 0.05) is 37.5 Å². The third-order valence-electron chi connectivity index (χ3n) is 2.81. The van der Waals surface area contributed by atoms with Crippen LogP contribution in [-0.4, -0.2) is 17.0 Å². The average molecular weight is 273 g/mol. The van der Waals surface area contributed by atoms with Gasteiger partial charge in [-0.15, -0.1) is 0 Å². The van der Waals surface area contributed by atoms with E-state index in [2.05, 4.69) is 10.3 Å². The standard InChI is InChI=1S/C14H15N3O3/c1-20-14-7-4-12(10-16-14)9-15-8-11-2-5-13(6-3-11)17(18)19/h2-7,10,15H,8-9H2,1H3. The molecule has 0 aliphatic rings. The first-order valence-electron chi connectivity index (χ1n) is 6.12. The van der Waals surface area contributed by atoms with E-state index in [0.717, 1.165) is 11.1 Å². The minimum Gasteiger partial charge on any atom is -0.481 e. The summed E-state index contributed by atoms with van der Waals surface area (Å²) in [5, 5.41) is 13.8. The SMILES string of the molecule is COc1ccc(CNCc2ccc([N+](=O)[O-])cc2)cn1. The van der Waals surface area contributed by atoms with E-state index in [1.165, 1.54) is 12.1 Å². The third-order valence-corrected chi connectivity index (χ3v) is 2.81. The average Bonchev–Trinajstić information content (AvgIpc) is 2.48. The van der Waals surface area contributed by atoms with E-state index >= 15 is 0 Å². The molecule has 0 radical (unpaired) electrons. The van der Waals surface area contributed by atoms with Crippen molar-refractivity contribution in [1.29, 1.82) is 0 Å². The van der Waals surface area contributed by atoms with Crippen LogP contribution < -0.4 is 10.1 Å². The second-order valence-corrected chi connectivity index (χ2v) is 4.24. The van der Waals surface area contributed by atoms with Gasteiger partial charge in [-0.1, -0.05) is 18.2 Å². The summed E-state index contributed by atoms with van der Waals surface area (Å²) in [5.74, 6) is 0.587. The van der Waals surface area contributed by atoms with E-state index in [1.54, 1.807) is 25.4 Å². The van der Waals surface area contributed by atoms with Crippen LogP contribution in [0, 0.1) is 10.1 Å². The van der Waals surface area contributed by atoms with Crippen LogP contribution in [0.4, 0.5) is 5.69 Å². The maximum absolute atomic E-state index is 10.5. The zero-order valence-corrected chi connectivity index (χ0v) is 11.1. The van der Waals surface area contributed by atoms with Crippen LogP contribution in [0.15, 0.2) is 42.6 Å². The van der Waals surface area contributed by atoms with Crippen LogP contribution in [-0.2, 0) is 13.1 Å². The Morgan fingerprint density at radius 2 is 1.80 bits per heavy atom. The second kappa shape index (κ2) is 6.63. The highest BCUT2D eigenvalue weighted by Crippen LogP contribution is 2.12. The molecule has 1 heterocycles. The number of benzene rings is 1. The summed E-state index contributed by atoms with van der Waals surface area (Å²) in [6.07, 6.45) is 1.75. The normalized spacial score (nSPS) is 10.2. The lowest BCUT2D eigenvalue weighted by Crippen LogP contribution is -2.12. The van der Waals surface area contributed by atoms with E-state index in [9.17, 15) is 10.1 Å². The first-order chi connectivity index (χ1) is 9.69. The summed E-state index contributed by atoms with van der Waals surface area (Å²) in [6, 6.07) is 10.3. The number of hydrogen-bond acceptors (Lipinski definition) is 5. The van der Waals surface area contributed by atoms with Gasteiger partial charge in [0.15, 0.2) is 0 Å². The molecule has 0 aliphatic heterocycles. The molecular weight excluding hydrogens is 258 g/mol. The molecule has 2 rings (SSSR count). The fraction of sp³-hybridized carbons (Fsp3) is 0.214. The maximum atomic E-state index is 10.5. The van der Waals surface area contributed by atoms with Gasteiger partial charge in [0.25, 0.3) is 5.69 Å². The van der Waals surface area contributed by atoms with Gasteiger partial charge in [0.2, 0.25) is 5.88 Å². The number of aromatic nitrogens is 1. The van der Waals surface area contributed by atoms with E-state index in [-0.39, 0.29) is 5.69 Å². The molecule has 6 heteroatoms. The van der Waals surface area contributed by atoms with Gasteiger partial charge in [0.1, 0.15) is 0 Å². The molecule has 1 N–H and O–H groups in total. The van der Waals surface area contributed by atoms with Crippen molar-refractivity contribution in [1.82, 2.24) is 10.3 Å². The van der Waals surface area contributed by atoms with Crippen molar-refractivity contribution in [2.75, 3.05) is 7.11 Å². The van der Waals surface area contributed by atoms with Crippen LogP contribution in [0.5, 0.6) is 5.88 Å². The van der Waals surface area contributed by atoms with E-state index < -0.39 is 4.92 Å². The molecule has 0 unspecified atom stereocenters. The van der Waals surface area contributed by atoms with Crippen LogP contribution in [0.25, 0.3) is 0 Å². The molecular formula is C14H15N3O3. The predicted molar refractivity (Wildman–Crippen MR) is 74.4 cm³/mol. The second-order valence-electron chi connectivity index (χ2n) is 4.24. The summed E-state index contributed by atoms with van der Waals surface area (Å²) < 4.78 is 4.99. The molecule has 0 atom stereocenters. The van der Waals surface area contributed by atoms with Crippen molar-refractivity contribution in [3.8, 4) is 5.88 Å². The molecule has 0 spiro atoms. The number of rotatable bonds is 6. The monoisotopic (exact) mass is 273 g/mol. The lowest BCUT2D eigenvalue weighted by atomic mass is 10.2. The van der Waals surface area contributed by atoms with E-state index in [1.807, 2.05) is 12.1 Å². The Kier molecular flexibility index (Phi) is 4.62. The van der Waals surface area contributed by atoms with Crippen LogP contribution in [0.1, 0.15) is 11.1 Å². The van der Waals surface area contributed by atoms with Crippen LogP contribution >= 0.6 is 0 Å². The molecule has 0 bridgehead atoms. The van der Waals surface area contributed by atoms with Crippen LogP contribution in [0.3, 0.4) is 0 Å². The Bertz CT molecular complexity index is 567. The molecule has 0 aliphatic carbocycles. The maximum Gasteiger partial charge on any atom is 0.269 e. The summed E-state index contributed by atoms with van der Waals surface area (Å²) >= 11 is 0. The molecule has 0 saturated carbocycles. The van der Waals surface area contributed by atoms with Crippen molar-refractivity contribution in [3.63, 3.8) is 0 Å². The Hall–Kier alpha value is -2.47. The Morgan fingerprint density at radius 3 is 2.35 bits per heavy atom. The predicted octanol–water partition coefficient (Wildman–Crippen LogP) is 2.29. The van der Waals surface area contributed by atoms with Crippen molar-refractivity contribution >= 4 is 5.69 Å². The molecule has 0 amide bonds. The summed E-state index contributed by atoms with van der Waals surface area (Å²) in [5.41, 5.74) is 2.15. The molecule has 2 aromatic rings. The molecule has 1 aromatic heterocycles. The van der Waals surface area contributed by atoms with Crippen molar-refractivity contribution < 1.29 is 9.66 Å². The molecule has 104 valence electrons. The van der Waals surface area contributed by atoms with Gasteiger partial charge in [-0.05, 0) is 11.1 Å².